The standard InChI is InChI=1S/C9H11F6NO2/c1-3-5-18-6(17)16-7(4-2,8(10,11)12)9(13,14)15/h3H,1,4-5H2,2H3,(H,16,17). The van der Waals surface area contributed by atoms with E-state index >= 15 is 0 Å². The summed E-state index contributed by atoms with van der Waals surface area (Å²) in [5, 5.41) is 0.836. The molecular formula is C9H11F6NO2. The van der Waals surface area contributed by atoms with E-state index in [0.717, 1.165) is 11.4 Å². The normalized spacial score (nSPS) is 13.1. The maximum absolute atomic E-state index is 12.5. The summed E-state index contributed by atoms with van der Waals surface area (Å²) < 4.78 is 79.3. The molecule has 3 nitrogen and oxygen atoms in total. The van der Waals surface area contributed by atoms with Crippen molar-refractivity contribution in [3.05, 3.63) is 12.7 Å². The molecule has 1 amide bonds. The fourth-order valence-corrected chi connectivity index (χ4v) is 1.14. The first-order valence-corrected chi connectivity index (χ1v) is 4.71. The number of hydrogen-bond donors (Lipinski definition) is 1. The number of carbonyl (C=O) groups is 1. The summed E-state index contributed by atoms with van der Waals surface area (Å²) in [7, 11) is 0. The molecule has 0 heterocycles. The topological polar surface area (TPSA) is 38.3 Å². The van der Waals surface area contributed by atoms with Crippen LogP contribution in [0.15, 0.2) is 12.7 Å². The number of hydrogen-bond acceptors (Lipinski definition) is 2. The van der Waals surface area contributed by atoms with E-state index in [9.17, 15) is 31.1 Å². The van der Waals surface area contributed by atoms with E-state index in [-0.39, 0.29) is 0 Å². The lowest BCUT2D eigenvalue weighted by molar-refractivity contribution is -0.305. The second-order valence-corrected chi connectivity index (χ2v) is 3.27. The third-order valence-corrected chi connectivity index (χ3v) is 2.15. The lowest BCUT2D eigenvalue weighted by Crippen LogP contribution is -2.67. The highest BCUT2D eigenvalue weighted by molar-refractivity contribution is 5.68. The number of alkyl halides is 6. The molecule has 0 aliphatic heterocycles. The monoisotopic (exact) mass is 279 g/mol. The van der Waals surface area contributed by atoms with Crippen molar-refractivity contribution in [3.63, 3.8) is 0 Å². The van der Waals surface area contributed by atoms with Crippen molar-refractivity contribution in [2.24, 2.45) is 0 Å². The molecule has 106 valence electrons. The van der Waals surface area contributed by atoms with Gasteiger partial charge in [0.25, 0.3) is 0 Å². The Balaban J connectivity index is 5.24. The molecule has 9 heteroatoms. The molecule has 0 radical (unpaired) electrons. The molecule has 0 fully saturated rings. The molecule has 0 atom stereocenters. The molecule has 18 heavy (non-hydrogen) atoms. The fraction of sp³-hybridized carbons (Fsp3) is 0.667. The van der Waals surface area contributed by atoms with Gasteiger partial charge in [0.15, 0.2) is 0 Å². The van der Waals surface area contributed by atoms with Crippen molar-refractivity contribution in [1.82, 2.24) is 5.32 Å². The van der Waals surface area contributed by atoms with Gasteiger partial charge >= 0.3 is 18.4 Å². The van der Waals surface area contributed by atoms with Gasteiger partial charge in [-0.3, -0.25) is 5.32 Å². The molecule has 0 aliphatic carbocycles. The van der Waals surface area contributed by atoms with Crippen LogP contribution in [0, 0.1) is 0 Å². The predicted molar refractivity (Wildman–Crippen MR) is 49.8 cm³/mol. The van der Waals surface area contributed by atoms with Crippen LogP contribution in [0.4, 0.5) is 31.1 Å². The minimum Gasteiger partial charge on any atom is -0.445 e. The van der Waals surface area contributed by atoms with Crippen molar-refractivity contribution in [2.75, 3.05) is 6.61 Å². The molecular weight excluding hydrogens is 268 g/mol. The summed E-state index contributed by atoms with van der Waals surface area (Å²) in [6, 6.07) is 0. The minimum absolute atomic E-state index is 0.499. The van der Waals surface area contributed by atoms with Crippen LogP contribution in [-0.2, 0) is 4.74 Å². The second-order valence-electron chi connectivity index (χ2n) is 3.27. The summed E-state index contributed by atoms with van der Waals surface area (Å²) >= 11 is 0. The molecule has 0 saturated carbocycles. The van der Waals surface area contributed by atoms with Gasteiger partial charge in [-0.05, 0) is 6.42 Å². The molecule has 0 rings (SSSR count). The Hall–Kier alpha value is -1.41. The van der Waals surface area contributed by atoms with Crippen molar-refractivity contribution < 1.29 is 35.9 Å². The van der Waals surface area contributed by atoms with Crippen LogP contribution in [0.5, 0.6) is 0 Å². The number of halogens is 6. The summed E-state index contributed by atoms with van der Waals surface area (Å²) in [6.45, 7) is 3.26. The van der Waals surface area contributed by atoms with Crippen LogP contribution in [0.2, 0.25) is 0 Å². The average molecular weight is 279 g/mol. The Morgan fingerprint density at radius 3 is 1.94 bits per heavy atom. The van der Waals surface area contributed by atoms with Crippen molar-refractivity contribution in [1.29, 1.82) is 0 Å². The smallest absolute Gasteiger partial charge is 0.420 e. The number of alkyl carbamates (subject to hydrolysis) is 1. The lowest BCUT2D eigenvalue weighted by atomic mass is 9.94. The molecule has 0 aromatic carbocycles. The summed E-state index contributed by atoms with van der Waals surface area (Å²) in [5.41, 5.74) is -4.32. The zero-order chi connectivity index (χ0) is 14.6. The van der Waals surface area contributed by atoms with Crippen LogP contribution in [0.25, 0.3) is 0 Å². The van der Waals surface area contributed by atoms with Crippen LogP contribution < -0.4 is 5.32 Å². The molecule has 0 spiro atoms. The molecule has 1 N–H and O–H groups in total. The minimum atomic E-state index is -5.69. The number of ether oxygens (including phenoxy) is 1. The van der Waals surface area contributed by atoms with Crippen LogP contribution in [0.3, 0.4) is 0 Å². The zero-order valence-electron chi connectivity index (χ0n) is 9.28. The number of carbonyl (C=O) groups excluding carboxylic acids is 1. The molecule has 0 aliphatic rings. The average Bonchev–Trinajstić information content (AvgIpc) is 2.19. The number of amides is 1. The quantitative estimate of drug-likeness (QED) is 0.634. The summed E-state index contributed by atoms with van der Waals surface area (Å²) in [5.74, 6) is 0. The molecule has 0 aromatic heterocycles. The van der Waals surface area contributed by atoms with Gasteiger partial charge in [-0.25, -0.2) is 4.79 Å². The second kappa shape index (κ2) is 5.49. The predicted octanol–water partition coefficient (Wildman–Crippen LogP) is 3.17. The highest BCUT2D eigenvalue weighted by Gasteiger charge is 2.70. The zero-order valence-corrected chi connectivity index (χ0v) is 9.28. The van der Waals surface area contributed by atoms with Gasteiger partial charge in [0.2, 0.25) is 5.54 Å². The van der Waals surface area contributed by atoms with Gasteiger partial charge in [0.05, 0.1) is 0 Å². The van der Waals surface area contributed by atoms with Gasteiger partial charge in [-0.15, -0.1) is 0 Å². The van der Waals surface area contributed by atoms with Gasteiger partial charge in [0.1, 0.15) is 6.61 Å². The molecule has 0 bridgehead atoms. The highest BCUT2D eigenvalue weighted by Crippen LogP contribution is 2.45. The van der Waals surface area contributed by atoms with Gasteiger partial charge in [0, 0.05) is 0 Å². The molecule has 0 unspecified atom stereocenters. The fourth-order valence-electron chi connectivity index (χ4n) is 1.14. The largest absolute Gasteiger partial charge is 0.445 e. The summed E-state index contributed by atoms with van der Waals surface area (Å²) in [6.07, 6.45) is -13.6. The van der Waals surface area contributed by atoms with E-state index < -0.39 is 37.0 Å². The first kappa shape index (κ1) is 16.6. The van der Waals surface area contributed by atoms with E-state index in [1.54, 1.807) is 0 Å². The van der Waals surface area contributed by atoms with E-state index in [1.165, 1.54) is 0 Å². The summed E-state index contributed by atoms with van der Waals surface area (Å²) in [4.78, 5) is 10.9. The van der Waals surface area contributed by atoms with Gasteiger partial charge < -0.3 is 4.74 Å². The molecule has 0 saturated heterocycles. The highest BCUT2D eigenvalue weighted by atomic mass is 19.4. The SMILES string of the molecule is C=CCOC(=O)NC(CC)(C(F)(F)F)C(F)(F)F. The van der Waals surface area contributed by atoms with E-state index in [1.807, 2.05) is 0 Å². The third-order valence-electron chi connectivity index (χ3n) is 2.15. The Labute approximate surface area is 98.8 Å². The van der Waals surface area contributed by atoms with E-state index in [2.05, 4.69) is 11.3 Å². The van der Waals surface area contributed by atoms with Crippen LogP contribution >= 0.6 is 0 Å². The van der Waals surface area contributed by atoms with Crippen LogP contribution in [0.1, 0.15) is 13.3 Å². The van der Waals surface area contributed by atoms with Crippen molar-refractivity contribution >= 4 is 6.09 Å². The molecule has 0 aromatic rings. The lowest BCUT2D eigenvalue weighted by Gasteiger charge is -2.36. The van der Waals surface area contributed by atoms with Gasteiger partial charge in [-0.1, -0.05) is 19.6 Å². The van der Waals surface area contributed by atoms with Crippen molar-refractivity contribution in [3.8, 4) is 0 Å². The van der Waals surface area contributed by atoms with E-state index in [4.69, 9.17) is 0 Å². The maximum atomic E-state index is 12.5. The Bertz CT molecular complexity index is 295. The number of nitrogens with one attached hydrogen (secondary N) is 1. The van der Waals surface area contributed by atoms with Crippen molar-refractivity contribution in [2.45, 2.75) is 31.2 Å². The third kappa shape index (κ3) is 3.30. The first-order chi connectivity index (χ1) is 8.02. The Kier molecular flexibility index (Phi) is 5.06. The van der Waals surface area contributed by atoms with Gasteiger partial charge in [-0.2, -0.15) is 26.3 Å². The Morgan fingerprint density at radius 2 is 1.67 bits per heavy atom. The maximum Gasteiger partial charge on any atom is 0.420 e. The van der Waals surface area contributed by atoms with Crippen LogP contribution in [-0.4, -0.2) is 30.6 Å². The number of rotatable bonds is 4. The Morgan fingerprint density at radius 1 is 1.22 bits per heavy atom. The van der Waals surface area contributed by atoms with E-state index in [0.29, 0.717) is 6.92 Å². The first-order valence-electron chi connectivity index (χ1n) is 4.71.